The first kappa shape index (κ1) is 33.0. The molecule has 0 N–H and O–H groups in total. The fourth-order valence-corrected chi connectivity index (χ4v) is 12.2. The van der Waals surface area contributed by atoms with E-state index < -0.39 is 5.41 Å². The largest absolute Gasteiger partial charge is 0.332 e. The van der Waals surface area contributed by atoms with Gasteiger partial charge in [-0.25, -0.2) is 0 Å². The number of aromatic nitrogens is 1. The van der Waals surface area contributed by atoms with Crippen LogP contribution in [-0.2, 0) is 5.41 Å². The first-order chi connectivity index (χ1) is 29.3. The molecule has 0 saturated heterocycles. The Labute approximate surface area is 347 Å². The lowest BCUT2D eigenvalue weighted by molar-refractivity contribution is 0.691. The molecule has 4 aliphatic rings. The highest BCUT2D eigenvalue weighted by molar-refractivity contribution is 7.99. The number of allylic oxidation sites excluding steroid dienone is 2. The van der Waals surface area contributed by atoms with Crippen LogP contribution in [0.5, 0.6) is 0 Å². The summed E-state index contributed by atoms with van der Waals surface area (Å²) in [7, 11) is 0. The SMILES string of the molecule is C1=CC2c3ccc4c(c3N(c3ccc5c(c3)c3ccccc3n5-c3ccccc3)C2C=C1)Sc1ccccc1C41c2ccccc2N(c2ccccc2)c2ccccc21. The Hall–Kier alpha value is -7.01. The molecule has 2 atom stereocenters. The third kappa shape index (κ3) is 4.44. The van der Waals surface area contributed by atoms with Crippen LogP contribution in [0.2, 0.25) is 0 Å². The third-order valence-electron chi connectivity index (χ3n) is 13.1. The van der Waals surface area contributed by atoms with Gasteiger partial charge in [0.1, 0.15) is 0 Å². The predicted molar refractivity (Wildman–Crippen MR) is 245 cm³/mol. The van der Waals surface area contributed by atoms with Crippen molar-refractivity contribution in [2.45, 2.75) is 27.2 Å². The Morgan fingerprint density at radius 3 is 1.86 bits per heavy atom. The molecule has 4 heterocycles. The molecule has 1 aromatic heterocycles. The molecule has 4 heteroatoms. The van der Waals surface area contributed by atoms with E-state index in [1.807, 2.05) is 11.8 Å². The Morgan fingerprint density at radius 1 is 0.458 bits per heavy atom. The van der Waals surface area contributed by atoms with Crippen LogP contribution in [0.4, 0.5) is 28.4 Å². The second-order valence-electron chi connectivity index (χ2n) is 16.0. The maximum Gasteiger partial charge on any atom is 0.0764 e. The van der Waals surface area contributed by atoms with Crippen LogP contribution >= 0.6 is 11.8 Å². The minimum atomic E-state index is -0.553. The number of benzene rings is 8. The van der Waals surface area contributed by atoms with E-state index in [1.165, 1.54) is 87.9 Å². The van der Waals surface area contributed by atoms with E-state index in [0.717, 1.165) is 5.69 Å². The lowest BCUT2D eigenvalue weighted by atomic mass is 9.62. The zero-order chi connectivity index (χ0) is 38.7. The van der Waals surface area contributed by atoms with Crippen LogP contribution in [0.25, 0.3) is 27.5 Å². The molecule has 0 fully saturated rings. The Balaban J connectivity index is 1.10. The summed E-state index contributed by atoms with van der Waals surface area (Å²) >= 11 is 1.95. The fourth-order valence-electron chi connectivity index (χ4n) is 10.9. The van der Waals surface area contributed by atoms with Crippen LogP contribution < -0.4 is 9.80 Å². The second kappa shape index (κ2) is 12.5. The van der Waals surface area contributed by atoms with Crippen LogP contribution in [0.3, 0.4) is 0 Å². The van der Waals surface area contributed by atoms with Gasteiger partial charge in [-0.1, -0.05) is 157 Å². The monoisotopic (exact) mass is 771 g/mol. The normalized spacial score (nSPS) is 17.7. The molecule has 3 aliphatic heterocycles. The second-order valence-corrected chi connectivity index (χ2v) is 17.0. The number of anilines is 5. The van der Waals surface area contributed by atoms with Crippen molar-refractivity contribution in [2.24, 2.45) is 0 Å². The topological polar surface area (TPSA) is 11.4 Å². The number of hydrogen-bond donors (Lipinski definition) is 0. The average Bonchev–Trinajstić information content (AvgIpc) is 3.82. The molecule has 0 bridgehead atoms. The summed E-state index contributed by atoms with van der Waals surface area (Å²) < 4.78 is 2.41. The Bertz CT molecular complexity index is 3180. The van der Waals surface area contributed by atoms with Gasteiger partial charge < -0.3 is 14.4 Å². The number of para-hydroxylation sites is 5. The van der Waals surface area contributed by atoms with Crippen LogP contribution in [0.15, 0.2) is 222 Å². The molecule has 13 rings (SSSR count). The molecule has 3 nitrogen and oxygen atoms in total. The van der Waals surface area contributed by atoms with E-state index in [4.69, 9.17) is 0 Å². The molecule has 0 saturated carbocycles. The summed E-state index contributed by atoms with van der Waals surface area (Å²) in [6, 6.07) is 70.1. The third-order valence-corrected chi connectivity index (χ3v) is 14.3. The summed E-state index contributed by atoms with van der Waals surface area (Å²) in [6.07, 6.45) is 9.30. The van der Waals surface area contributed by atoms with Gasteiger partial charge in [0.15, 0.2) is 0 Å². The number of nitrogens with zero attached hydrogens (tertiary/aromatic N) is 3. The van der Waals surface area contributed by atoms with Crippen molar-refractivity contribution < 1.29 is 0 Å². The Kier molecular flexibility index (Phi) is 6.99. The number of fused-ring (bicyclic) bond motifs is 15. The van der Waals surface area contributed by atoms with E-state index in [-0.39, 0.29) is 12.0 Å². The highest BCUT2D eigenvalue weighted by atomic mass is 32.2. The van der Waals surface area contributed by atoms with Crippen LogP contribution in [-0.4, -0.2) is 10.6 Å². The van der Waals surface area contributed by atoms with Gasteiger partial charge in [-0.2, -0.15) is 0 Å². The van der Waals surface area contributed by atoms with Gasteiger partial charge in [-0.05, 0) is 94.5 Å². The van der Waals surface area contributed by atoms with Crippen molar-refractivity contribution in [2.75, 3.05) is 9.80 Å². The van der Waals surface area contributed by atoms with Gasteiger partial charge in [0.05, 0.1) is 39.6 Å². The smallest absolute Gasteiger partial charge is 0.0764 e. The molecule has 8 aromatic carbocycles. The summed E-state index contributed by atoms with van der Waals surface area (Å²) in [5.41, 5.74) is 15.8. The van der Waals surface area contributed by atoms with Crippen molar-refractivity contribution in [1.82, 2.24) is 4.57 Å². The molecule has 9 aromatic rings. The molecular formula is C55H37N3S. The van der Waals surface area contributed by atoms with Gasteiger partial charge in [0.25, 0.3) is 0 Å². The van der Waals surface area contributed by atoms with E-state index in [2.05, 4.69) is 227 Å². The summed E-state index contributed by atoms with van der Waals surface area (Å²) in [5.74, 6) is 0.231. The quantitative estimate of drug-likeness (QED) is 0.177. The summed E-state index contributed by atoms with van der Waals surface area (Å²) in [5, 5.41) is 2.52. The maximum atomic E-state index is 2.67. The molecule has 0 radical (unpaired) electrons. The molecule has 278 valence electrons. The van der Waals surface area contributed by atoms with E-state index in [9.17, 15) is 0 Å². The molecule has 0 amide bonds. The minimum Gasteiger partial charge on any atom is -0.332 e. The first-order valence-electron chi connectivity index (χ1n) is 20.5. The van der Waals surface area contributed by atoms with Gasteiger partial charge in [0.2, 0.25) is 0 Å². The van der Waals surface area contributed by atoms with E-state index in [0.29, 0.717) is 0 Å². The van der Waals surface area contributed by atoms with Crippen LogP contribution in [0.1, 0.15) is 33.7 Å². The van der Waals surface area contributed by atoms with Crippen molar-refractivity contribution >= 4 is 62.0 Å². The summed E-state index contributed by atoms with van der Waals surface area (Å²) in [4.78, 5) is 7.76. The highest BCUT2D eigenvalue weighted by Crippen LogP contribution is 2.66. The van der Waals surface area contributed by atoms with Gasteiger partial charge in [0, 0.05) is 43.5 Å². The highest BCUT2D eigenvalue weighted by Gasteiger charge is 2.52. The van der Waals surface area contributed by atoms with E-state index >= 15 is 0 Å². The Morgan fingerprint density at radius 2 is 1.08 bits per heavy atom. The zero-order valence-corrected chi connectivity index (χ0v) is 32.9. The molecule has 59 heavy (non-hydrogen) atoms. The molecular weight excluding hydrogens is 735 g/mol. The molecule has 1 spiro atoms. The van der Waals surface area contributed by atoms with Gasteiger partial charge >= 0.3 is 0 Å². The van der Waals surface area contributed by atoms with Crippen molar-refractivity contribution in [3.05, 3.63) is 240 Å². The predicted octanol–water partition coefficient (Wildman–Crippen LogP) is 14.1. The number of rotatable bonds is 3. The fraction of sp³-hybridized carbons (Fsp3) is 0.0545. The standard InChI is InChI=1S/C55H37N3S/c1-3-17-36(18-4-1)56-47-26-12-8-22-40(47)42-35-38(31-34-49(42)56)58-48-27-13-7-21-39(48)41-32-33-46-54(53(41)58)59-52-30-16-11-25-45(52)55(46)43-23-9-14-28-50(43)57(37-19-5-2-6-20-37)51-29-15-10-24-44(51)55/h1-35,39,48H. The van der Waals surface area contributed by atoms with Gasteiger partial charge in [-0.3, -0.25) is 0 Å². The van der Waals surface area contributed by atoms with Crippen molar-refractivity contribution in [3.8, 4) is 5.69 Å². The van der Waals surface area contributed by atoms with Crippen LogP contribution in [0, 0.1) is 0 Å². The molecule has 1 aliphatic carbocycles. The lowest BCUT2D eigenvalue weighted by Gasteiger charge is -2.49. The lowest BCUT2D eigenvalue weighted by Crippen LogP contribution is -2.40. The average molecular weight is 772 g/mol. The van der Waals surface area contributed by atoms with Crippen molar-refractivity contribution in [3.63, 3.8) is 0 Å². The first-order valence-corrected chi connectivity index (χ1v) is 21.3. The molecule has 2 unspecified atom stereocenters. The van der Waals surface area contributed by atoms with Crippen molar-refractivity contribution in [1.29, 1.82) is 0 Å². The van der Waals surface area contributed by atoms with E-state index in [1.54, 1.807) is 0 Å². The summed E-state index contributed by atoms with van der Waals surface area (Å²) in [6.45, 7) is 0. The van der Waals surface area contributed by atoms with Gasteiger partial charge in [-0.15, -0.1) is 0 Å². The zero-order valence-electron chi connectivity index (χ0n) is 32.1. The minimum absolute atomic E-state index is 0.148. The number of hydrogen-bond acceptors (Lipinski definition) is 3. The maximum absolute atomic E-state index is 2.67.